The normalized spacial score (nSPS) is 15.6. The molecule has 6 heteroatoms. The molecule has 2 rings (SSSR count). The largest absolute Gasteiger partial charge is 0.315 e. The van der Waals surface area contributed by atoms with E-state index >= 15 is 0 Å². The zero-order valence-electron chi connectivity index (χ0n) is 9.46. The van der Waals surface area contributed by atoms with Crippen molar-refractivity contribution < 1.29 is 13.2 Å². The molecule has 0 saturated heterocycles. The van der Waals surface area contributed by atoms with Crippen LogP contribution in [-0.2, 0) is 14.8 Å². The van der Waals surface area contributed by atoms with E-state index in [1.54, 1.807) is 24.1 Å². The maximum atomic E-state index is 11.8. The molecule has 0 heterocycles. The second kappa shape index (κ2) is 4.12. The van der Waals surface area contributed by atoms with Gasteiger partial charge in [-0.1, -0.05) is 0 Å². The Balaban J connectivity index is 2.20. The van der Waals surface area contributed by atoms with Crippen LogP contribution in [0.3, 0.4) is 0 Å². The fourth-order valence-corrected chi connectivity index (χ4v) is 2.11. The lowest BCUT2D eigenvalue weighted by molar-refractivity contribution is -0.119. The standard InChI is InChI=1S/C11H14N2O3S/c1-13(11(14)8-2-3-8)9-4-6-10(7-5-9)17(12,15)16/h4-8H,2-3H2,1H3,(H2,12,15,16). The summed E-state index contributed by atoms with van der Waals surface area (Å²) in [4.78, 5) is 13.4. The molecule has 0 aliphatic heterocycles. The first-order valence-corrected chi connectivity index (χ1v) is 6.84. The van der Waals surface area contributed by atoms with Crippen LogP contribution in [0.15, 0.2) is 29.2 Å². The summed E-state index contributed by atoms with van der Waals surface area (Å²) in [6, 6.07) is 5.97. The van der Waals surface area contributed by atoms with Gasteiger partial charge in [0.15, 0.2) is 0 Å². The Morgan fingerprint density at radius 2 is 1.82 bits per heavy atom. The van der Waals surface area contributed by atoms with E-state index in [4.69, 9.17) is 5.14 Å². The number of carbonyl (C=O) groups is 1. The quantitative estimate of drug-likeness (QED) is 0.862. The fraction of sp³-hybridized carbons (Fsp3) is 0.364. The molecule has 1 fully saturated rings. The number of hydrogen-bond acceptors (Lipinski definition) is 3. The molecule has 1 aromatic carbocycles. The van der Waals surface area contributed by atoms with Crippen molar-refractivity contribution in [2.45, 2.75) is 17.7 Å². The molecule has 92 valence electrons. The maximum Gasteiger partial charge on any atom is 0.238 e. The van der Waals surface area contributed by atoms with Gasteiger partial charge in [0, 0.05) is 18.7 Å². The Hall–Kier alpha value is -1.40. The van der Waals surface area contributed by atoms with Crippen molar-refractivity contribution in [1.82, 2.24) is 0 Å². The van der Waals surface area contributed by atoms with Crippen LogP contribution in [0.1, 0.15) is 12.8 Å². The second-order valence-corrected chi connectivity index (χ2v) is 5.77. The van der Waals surface area contributed by atoms with Crippen molar-refractivity contribution in [1.29, 1.82) is 0 Å². The van der Waals surface area contributed by atoms with E-state index in [2.05, 4.69) is 0 Å². The summed E-state index contributed by atoms with van der Waals surface area (Å²) in [6.07, 6.45) is 1.89. The highest BCUT2D eigenvalue weighted by Crippen LogP contribution is 2.32. The number of amides is 1. The lowest BCUT2D eigenvalue weighted by atomic mass is 10.2. The summed E-state index contributed by atoms with van der Waals surface area (Å²) >= 11 is 0. The first-order chi connectivity index (χ1) is 7.89. The van der Waals surface area contributed by atoms with Crippen molar-refractivity contribution in [3.05, 3.63) is 24.3 Å². The van der Waals surface area contributed by atoms with Gasteiger partial charge in [-0.05, 0) is 37.1 Å². The fourth-order valence-electron chi connectivity index (χ4n) is 1.59. The molecule has 1 amide bonds. The number of primary sulfonamides is 1. The molecule has 0 atom stereocenters. The summed E-state index contributed by atoms with van der Waals surface area (Å²) in [6.45, 7) is 0. The Morgan fingerprint density at radius 1 is 1.29 bits per heavy atom. The SMILES string of the molecule is CN(C(=O)C1CC1)c1ccc(S(N)(=O)=O)cc1. The summed E-state index contributed by atoms with van der Waals surface area (Å²) in [5.41, 5.74) is 0.675. The Morgan fingerprint density at radius 3 is 2.24 bits per heavy atom. The lowest BCUT2D eigenvalue weighted by Gasteiger charge is -2.17. The Labute approximate surface area is 100 Å². The van der Waals surface area contributed by atoms with Gasteiger partial charge in [0.25, 0.3) is 0 Å². The molecule has 1 aromatic rings. The van der Waals surface area contributed by atoms with Gasteiger partial charge in [0.1, 0.15) is 0 Å². The average Bonchev–Trinajstić information content (AvgIpc) is 3.10. The van der Waals surface area contributed by atoms with Gasteiger partial charge in [-0.2, -0.15) is 0 Å². The van der Waals surface area contributed by atoms with Crippen molar-refractivity contribution in [2.24, 2.45) is 11.1 Å². The minimum Gasteiger partial charge on any atom is -0.315 e. The molecule has 17 heavy (non-hydrogen) atoms. The van der Waals surface area contributed by atoms with Gasteiger partial charge in [0.2, 0.25) is 15.9 Å². The topological polar surface area (TPSA) is 80.5 Å². The highest BCUT2D eigenvalue weighted by Gasteiger charge is 2.32. The monoisotopic (exact) mass is 254 g/mol. The van der Waals surface area contributed by atoms with Crippen molar-refractivity contribution in [3.63, 3.8) is 0 Å². The van der Waals surface area contributed by atoms with Crippen LogP contribution in [0, 0.1) is 5.92 Å². The van der Waals surface area contributed by atoms with E-state index in [1.165, 1.54) is 12.1 Å². The van der Waals surface area contributed by atoms with Gasteiger partial charge in [0.05, 0.1) is 4.90 Å². The molecule has 0 aromatic heterocycles. The van der Waals surface area contributed by atoms with E-state index in [-0.39, 0.29) is 16.7 Å². The summed E-state index contributed by atoms with van der Waals surface area (Å²) < 4.78 is 22.1. The highest BCUT2D eigenvalue weighted by atomic mass is 32.2. The van der Waals surface area contributed by atoms with Crippen LogP contribution in [0.5, 0.6) is 0 Å². The number of nitrogens with zero attached hydrogens (tertiary/aromatic N) is 1. The third kappa shape index (κ3) is 2.65. The third-order valence-corrected chi connectivity index (χ3v) is 3.74. The van der Waals surface area contributed by atoms with Crippen LogP contribution < -0.4 is 10.0 Å². The van der Waals surface area contributed by atoms with Gasteiger partial charge in [-0.15, -0.1) is 0 Å². The van der Waals surface area contributed by atoms with Crippen LogP contribution >= 0.6 is 0 Å². The average molecular weight is 254 g/mol. The minimum absolute atomic E-state index is 0.0496. The number of sulfonamides is 1. The van der Waals surface area contributed by atoms with Gasteiger partial charge >= 0.3 is 0 Å². The first kappa shape index (κ1) is 12.1. The molecule has 0 spiro atoms. The number of anilines is 1. The smallest absolute Gasteiger partial charge is 0.238 e. The number of hydrogen-bond donors (Lipinski definition) is 1. The molecule has 0 unspecified atom stereocenters. The summed E-state index contributed by atoms with van der Waals surface area (Å²) in [5, 5.41) is 4.99. The summed E-state index contributed by atoms with van der Waals surface area (Å²) in [7, 11) is -1.99. The predicted molar refractivity (Wildman–Crippen MR) is 63.9 cm³/mol. The molecule has 0 radical (unpaired) electrons. The zero-order valence-corrected chi connectivity index (χ0v) is 10.3. The van der Waals surface area contributed by atoms with Gasteiger partial charge in [-0.25, -0.2) is 13.6 Å². The molecule has 2 N–H and O–H groups in total. The number of carbonyl (C=O) groups excluding carboxylic acids is 1. The minimum atomic E-state index is -3.67. The number of benzene rings is 1. The summed E-state index contributed by atoms with van der Waals surface area (Å²) in [5.74, 6) is 0.214. The van der Waals surface area contributed by atoms with Crippen molar-refractivity contribution >= 4 is 21.6 Å². The first-order valence-electron chi connectivity index (χ1n) is 5.30. The number of rotatable bonds is 3. The van der Waals surface area contributed by atoms with Gasteiger partial charge in [-0.3, -0.25) is 4.79 Å². The molecule has 1 saturated carbocycles. The molecular formula is C11H14N2O3S. The third-order valence-electron chi connectivity index (χ3n) is 2.81. The van der Waals surface area contributed by atoms with Crippen LogP contribution in [0.2, 0.25) is 0 Å². The molecular weight excluding hydrogens is 240 g/mol. The van der Waals surface area contributed by atoms with Crippen molar-refractivity contribution in [3.8, 4) is 0 Å². The molecule has 5 nitrogen and oxygen atoms in total. The molecule has 1 aliphatic carbocycles. The second-order valence-electron chi connectivity index (χ2n) is 4.21. The van der Waals surface area contributed by atoms with Crippen molar-refractivity contribution in [2.75, 3.05) is 11.9 Å². The highest BCUT2D eigenvalue weighted by molar-refractivity contribution is 7.89. The van der Waals surface area contributed by atoms with Crippen LogP contribution in [0.25, 0.3) is 0 Å². The van der Waals surface area contributed by atoms with E-state index in [1.807, 2.05) is 0 Å². The lowest BCUT2D eigenvalue weighted by Crippen LogP contribution is -2.27. The zero-order chi connectivity index (χ0) is 12.6. The Kier molecular flexibility index (Phi) is 2.92. The van der Waals surface area contributed by atoms with Gasteiger partial charge < -0.3 is 4.90 Å². The molecule has 1 aliphatic rings. The predicted octanol–water partition coefficient (Wildman–Crippen LogP) is 0.707. The van der Waals surface area contributed by atoms with E-state index in [9.17, 15) is 13.2 Å². The maximum absolute atomic E-state index is 11.8. The van der Waals surface area contributed by atoms with E-state index in [0.717, 1.165) is 12.8 Å². The van der Waals surface area contributed by atoms with E-state index in [0.29, 0.717) is 5.69 Å². The van der Waals surface area contributed by atoms with Crippen LogP contribution in [0.4, 0.5) is 5.69 Å². The number of nitrogens with two attached hydrogens (primary N) is 1. The van der Waals surface area contributed by atoms with Crippen LogP contribution in [-0.4, -0.2) is 21.4 Å². The van der Waals surface area contributed by atoms with E-state index < -0.39 is 10.0 Å². The Bertz CT molecular complexity index is 532. The molecule has 0 bridgehead atoms.